The highest BCUT2D eigenvalue weighted by molar-refractivity contribution is 4.38. The molecule has 8 N–H and O–H groups in total. The molecule has 160 valence electrons. The average Bonchev–Trinajstić information content (AvgIpc) is 2.27. The molecule has 6 nitrogen and oxygen atoms in total. The van der Waals surface area contributed by atoms with Crippen LogP contribution in [0.2, 0.25) is 0 Å². The number of rotatable bonds is 0. The lowest BCUT2D eigenvalue weighted by Gasteiger charge is -1.52. The molecule has 0 saturated carbocycles. The summed E-state index contributed by atoms with van der Waals surface area (Å²) in [4.78, 5) is 0. The van der Waals surface area contributed by atoms with Crippen molar-refractivity contribution in [3.63, 3.8) is 0 Å². The Morgan fingerprint density at radius 1 is 0.652 bits per heavy atom. The first-order valence-corrected chi connectivity index (χ1v) is 5.38. The van der Waals surface area contributed by atoms with Crippen LogP contribution in [0, 0.1) is 0 Å². The van der Waals surface area contributed by atoms with Crippen LogP contribution in [0.25, 0.3) is 0 Å². The Bertz CT molecular complexity index is 65.1. The molecule has 0 aromatic heterocycles. The largest absolute Gasteiger partial charge is 1.00 e. The van der Waals surface area contributed by atoms with E-state index in [1.54, 1.807) is 13.8 Å². The van der Waals surface area contributed by atoms with Gasteiger partial charge in [-0.25, -0.2) is 0 Å². The maximum atomic E-state index is 7.57. The van der Waals surface area contributed by atoms with Gasteiger partial charge >= 0.3 is 2.85 Å². The van der Waals surface area contributed by atoms with Crippen LogP contribution in [0.3, 0.4) is 0 Å². The molecule has 0 atom stereocenters. The summed E-state index contributed by atoms with van der Waals surface area (Å²) in [5, 5.41) is 29.8. The van der Waals surface area contributed by atoms with Gasteiger partial charge in [-0.1, -0.05) is 78.0 Å². The van der Waals surface area contributed by atoms with Crippen LogP contribution in [0.15, 0.2) is 25.7 Å². The minimum Gasteiger partial charge on any atom is -0.516 e. The lowest BCUT2D eigenvalue weighted by Crippen LogP contribution is -1.57. The Morgan fingerprint density at radius 2 is 0.652 bits per heavy atom. The third-order valence-electron chi connectivity index (χ3n) is 0. The van der Waals surface area contributed by atoms with Gasteiger partial charge in [-0.2, -0.15) is 0 Å². The SMILES string of the molecule is C.C.C.C.C.C=CO.C=CO.CC.CC.CCO.CCO.O.O.[H+].[H+]. The highest BCUT2D eigenvalue weighted by Crippen LogP contribution is 1.30. The van der Waals surface area contributed by atoms with Crippen LogP contribution >= 0.6 is 0 Å². The summed E-state index contributed by atoms with van der Waals surface area (Å²) in [6, 6.07) is 0. The summed E-state index contributed by atoms with van der Waals surface area (Å²) >= 11 is 0. The van der Waals surface area contributed by atoms with Crippen molar-refractivity contribution in [3.8, 4) is 0 Å². The Balaban J connectivity index is -0.00000000347. The van der Waals surface area contributed by atoms with Gasteiger partial charge in [0.2, 0.25) is 0 Å². The maximum absolute atomic E-state index is 7.57. The van der Waals surface area contributed by atoms with E-state index < -0.39 is 0 Å². The van der Waals surface area contributed by atoms with Crippen molar-refractivity contribution in [1.82, 2.24) is 0 Å². The molecule has 0 aliphatic carbocycles. The van der Waals surface area contributed by atoms with Crippen LogP contribution in [0.1, 0.15) is 81.5 Å². The first kappa shape index (κ1) is 121. The Hall–Kier alpha value is -1.08. The Labute approximate surface area is 152 Å². The van der Waals surface area contributed by atoms with Crippen molar-refractivity contribution < 1.29 is 34.2 Å². The minimum absolute atomic E-state index is 0. The molecule has 6 heteroatoms. The lowest BCUT2D eigenvalue weighted by atomic mass is 10.9. The van der Waals surface area contributed by atoms with Crippen molar-refractivity contribution in [3.05, 3.63) is 25.7 Å². The number of aliphatic hydroxyl groups excluding tert-OH is 4. The zero-order chi connectivity index (χ0) is 14.8. The van der Waals surface area contributed by atoms with Crippen molar-refractivity contribution in [2.75, 3.05) is 13.2 Å². The second-order valence-corrected chi connectivity index (χ2v) is 0.998. The number of hydrogen-bond acceptors (Lipinski definition) is 4. The molecule has 0 spiro atoms. The van der Waals surface area contributed by atoms with Gasteiger partial charge in [-0.15, -0.1) is 0 Å². The highest BCUT2D eigenvalue weighted by atomic mass is 16.3. The molecular weight excluding hydrogens is 300 g/mol. The van der Waals surface area contributed by atoms with Crippen LogP contribution in [0.4, 0.5) is 0 Å². The molecule has 0 radical (unpaired) electrons. The molecule has 0 aromatic rings. The molecule has 0 rings (SSSR count). The topological polar surface area (TPSA) is 144 Å². The standard InChI is InChI=1S/2C2H6O.2C2H4O.2C2H6.5CH4.2H2O/c4*1-2-3;2*1-2;;;;;;;/h2*3H,2H2,1H3;2*2-3H,1H2;2*1-2H3;5*1H4;2*1H2/p+2. The maximum Gasteiger partial charge on any atom is 1.00 e. The van der Waals surface area contributed by atoms with E-state index in [0.717, 1.165) is 12.5 Å². The van der Waals surface area contributed by atoms with Crippen LogP contribution < -0.4 is 0 Å². The molecule has 0 bridgehead atoms. The zero-order valence-electron chi connectivity index (χ0n) is 14.8. The van der Waals surface area contributed by atoms with Crippen molar-refractivity contribution >= 4 is 0 Å². The van der Waals surface area contributed by atoms with Gasteiger partial charge in [-0.05, 0) is 13.8 Å². The monoisotopic (exact) mass is 358 g/mol. The van der Waals surface area contributed by atoms with E-state index in [0.29, 0.717) is 0 Å². The van der Waals surface area contributed by atoms with Gasteiger partial charge in [0.05, 0.1) is 12.5 Å². The summed E-state index contributed by atoms with van der Waals surface area (Å²) in [5.41, 5.74) is 0. The fourth-order valence-corrected chi connectivity index (χ4v) is 0. The quantitative estimate of drug-likeness (QED) is 0.442. The van der Waals surface area contributed by atoms with E-state index in [4.69, 9.17) is 20.4 Å². The fraction of sp³-hybridized carbons (Fsp3) is 0.765. The second-order valence-electron chi connectivity index (χ2n) is 0.998. The van der Waals surface area contributed by atoms with E-state index in [9.17, 15) is 0 Å². The van der Waals surface area contributed by atoms with Gasteiger partial charge in [0.25, 0.3) is 0 Å². The van der Waals surface area contributed by atoms with Crippen molar-refractivity contribution in [2.24, 2.45) is 0 Å². The number of hydrogen-bond donors (Lipinski definition) is 4. The first-order chi connectivity index (χ1) is 7.66. The summed E-state index contributed by atoms with van der Waals surface area (Å²) in [6.07, 6.45) is 1.50. The molecule has 0 amide bonds. The Kier molecular flexibility index (Phi) is 5100. The van der Waals surface area contributed by atoms with Gasteiger partial charge in [0, 0.05) is 13.2 Å². The predicted molar refractivity (Wildman–Crippen MR) is 117 cm³/mol. The number of aliphatic hydroxyl groups is 4. The summed E-state index contributed by atoms with van der Waals surface area (Å²) in [5.74, 6) is 0. The second kappa shape index (κ2) is 974. The van der Waals surface area contributed by atoms with Gasteiger partial charge in [0.1, 0.15) is 0 Å². The molecular formula is C17H58O6+2. The third kappa shape index (κ3) is 6420. The molecule has 23 heavy (non-hydrogen) atoms. The molecule has 0 aliphatic heterocycles. The smallest absolute Gasteiger partial charge is 0.516 e. The first-order valence-electron chi connectivity index (χ1n) is 5.38. The van der Waals surface area contributed by atoms with E-state index in [-0.39, 0.29) is 64.2 Å². The predicted octanol–water partition coefficient (Wildman–Crippen LogP) is 5.18. The van der Waals surface area contributed by atoms with E-state index in [1.807, 2.05) is 27.7 Å². The van der Waals surface area contributed by atoms with Gasteiger partial charge < -0.3 is 31.4 Å². The van der Waals surface area contributed by atoms with E-state index in [2.05, 4.69) is 13.2 Å². The molecule has 0 saturated heterocycles. The average molecular weight is 359 g/mol. The minimum atomic E-state index is 0. The van der Waals surface area contributed by atoms with Gasteiger partial charge in [-0.3, -0.25) is 0 Å². The third-order valence-corrected chi connectivity index (χ3v) is 0. The molecule has 0 aliphatic rings. The summed E-state index contributed by atoms with van der Waals surface area (Å²) in [7, 11) is 0. The van der Waals surface area contributed by atoms with Gasteiger partial charge in [0.15, 0.2) is 0 Å². The molecule has 0 fully saturated rings. The fourth-order valence-electron chi connectivity index (χ4n) is 0. The van der Waals surface area contributed by atoms with Crippen molar-refractivity contribution in [2.45, 2.75) is 78.7 Å². The summed E-state index contributed by atoms with van der Waals surface area (Å²) in [6.45, 7) is 17.7. The van der Waals surface area contributed by atoms with Crippen LogP contribution in [-0.4, -0.2) is 44.6 Å². The lowest BCUT2D eigenvalue weighted by molar-refractivity contribution is 0.318. The van der Waals surface area contributed by atoms with Crippen LogP contribution in [-0.2, 0) is 0 Å². The van der Waals surface area contributed by atoms with E-state index >= 15 is 0 Å². The zero-order valence-corrected chi connectivity index (χ0v) is 12.8. The normalized spacial score (nSPS) is 3.13. The highest BCUT2D eigenvalue weighted by Gasteiger charge is 1.34. The summed E-state index contributed by atoms with van der Waals surface area (Å²) < 4.78 is 0. The molecule has 0 heterocycles. The van der Waals surface area contributed by atoms with Crippen LogP contribution in [0.5, 0.6) is 0 Å². The Morgan fingerprint density at radius 3 is 0.652 bits per heavy atom. The molecule has 0 aromatic carbocycles. The van der Waals surface area contributed by atoms with E-state index in [1.165, 1.54) is 0 Å². The molecule has 0 unspecified atom stereocenters. The van der Waals surface area contributed by atoms with Crippen molar-refractivity contribution in [1.29, 1.82) is 0 Å².